The molecule has 16 heteroatoms. The van der Waals surface area contributed by atoms with Gasteiger partial charge in [-0.3, -0.25) is 4.90 Å². The summed E-state index contributed by atoms with van der Waals surface area (Å²) in [6, 6.07) is 0.531. The van der Waals surface area contributed by atoms with Crippen LogP contribution in [0.1, 0.15) is 24.5 Å². The van der Waals surface area contributed by atoms with Crippen molar-refractivity contribution in [2.45, 2.75) is 44.5 Å². The molecule has 43 heavy (non-hydrogen) atoms. The topological polar surface area (TPSA) is 104 Å². The molecule has 0 amide bonds. The third-order valence-corrected chi connectivity index (χ3v) is 7.97. The van der Waals surface area contributed by atoms with Gasteiger partial charge in [-0.05, 0) is 38.4 Å². The fraction of sp³-hybridized carbons (Fsp3) is 0.519. The summed E-state index contributed by atoms with van der Waals surface area (Å²) in [6.45, 7) is 3.99. The van der Waals surface area contributed by atoms with Crippen LogP contribution in [0.3, 0.4) is 0 Å². The van der Waals surface area contributed by atoms with Crippen molar-refractivity contribution in [3.8, 4) is 17.1 Å². The summed E-state index contributed by atoms with van der Waals surface area (Å²) in [5, 5.41) is 6.37. The van der Waals surface area contributed by atoms with E-state index in [9.17, 15) is 26.3 Å². The molecule has 2 aromatic heterocycles. The summed E-state index contributed by atoms with van der Waals surface area (Å²) >= 11 is 0. The number of nitrogens with zero attached hydrogens (tertiary/aromatic N) is 5. The van der Waals surface area contributed by atoms with E-state index in [2.05, 4.69) is 25.6 Å². The lowest BCUT2D eigenvalue weighted by atomic mass is 9.96. The fourth-order valence-electron chi connectivity index (χ4n) is 5.64. The number of hydrogen-bond donors (Lipinski definition) is 3. The first kappa shape index (κ1) is 29.4. The number of alkyl halides is 5. The van der Waals surface area contributed by atoms with E-state index < -0.39 is 57.9 Å². The molecule has 0 unspecified atom stereocenters. The second-order valence-electron chi connectivity index (χ2n) is 11.2. The van der Waals surface area contributed by atoms with Crippen LogP contribution >= 0.6 is 0 Å². The van der Waals surface area contributed by atoms with Gasteiger partial charge in [0.15, 0.2) is 5.82 Å². The number of aromatic nitrogens is 3. The molecule has 3 aliphatic heterocycles. The number of benzene rings is 1. The predicted molar refractivity (Wildman–Crippen MR) is 145 cm³/mol. The number of rotatable bonds is 3. The van der Waals surface area contributed by atoms with Crippen molar-refractivity contribution >= 4 is 28.4 Å². The molecule has 2 saturated heterocycles. The van der Waals surface area contributed by atoms with Gasteiger partial charge in [0.05, 0.1) is 30.4 Å². The molecule has 0 aliphatic carbocycles. The Bertz CT molecular complexity index is 1570. The summed E-state index contributed by atoms with van der Waals surface area (Å²) < 4.78 is 107. The Morgan fingerprint density at radius 2 is 1.77 bits per heavy atom. The first-order chi connectivity index (χ1) is 20.2. The highest BCUT2D eigenvalue weighted by atomic mass is 19.4. The minimum absolute atomic E-state index is 0.0265. The van der Waals surface area contributed by atoms with E-state index in [1.165, 1.54) is 0 Å². The monoisotopic (exact) mass is 614 g/mol. The Hall–Kier alpha value is -3.66. The number of hydrogen-bond acceptors (Lipinski definition) is 9. The van der Waals surface area contributed by atoms with Gasteiger partial charge in [-0.1, -0.05) is 0 Å². The predicted octanol–water partition coefficient (Wildman–Crippen LogP) is 4.19. The molecule has 0 radical (unpaired) electrons. The first-order valence-electron chi connectivity index (χ1n) is 13.8. The smallest absolute Gasteiger partial charge is 0.417 e. The molecule has 1 aromatic carbocycles. The minimum atomic E-state index is -5.07. The molecule has 3 aromatic rings. The van der Waals surface area contributed by atoms with E-state index >= 15 is 4.39 Å². The molecule has 0 bridgehead atoms. The van der Waals surface area contributed by atoms with Crippen molar-refractivity contribution < 1.29 is 35.5 Å². The quantitative estimate of drug-likeness (QED) is 0.296. The van der Waals surface area contributed by atoms with Gasteiger partial charge in [0.2, 0.25) is 11.8 Å². The van der Waals surface area contributed by atoms with Crippen LogP contribution in [0.2, 0.25) is 0 Å². The molecular formula is C27H29F7N8O. The van der Waals surface area contributed by atoms with Crippen molar-refractivity contribution in [1.82, 2.24) is 25.2 Å². The molecule has 6 rings (SSSR count). The van der Waals surface area contributed by atoms with Gasteiger partial charge < -0.3 is 26.0 Å². The summed E-state index contributed by atoms with van der Waals surface area (Å²) in [7, 11) is 0. The first-order valence-corrected chi connectivity index (χ1v) is 13.8. The maximum atomic E-state index is 16.5. The summed E-state index contributed by atoms with van der Waals surface area (Å²) in [5.74, 6) is -5.20. The van der Waals surface area contributed by atoms with E-state index in [0.717, 1.165) is 6.92 Å². The van der Waals surface area contributed by atoms with Gasteiger partial charge >= 0.3 is 6.18 Å². The van der Waals surface area contributed by atoms with Crippen LogP contribution in [0.4, 0.5) is 48.2 Å². The van der Waals surface area contributed by atoms with Crippen LogP contribution in [0.5, 0.6) is 5.88 Å². The van der Waals surface area contributed by atoms with Crippen LogP contribution < -0.4 is 26.0 Å². The third-order valence-electron chi connectivity index (χ3n) is 7.97. The van der Waals surface area contributed by atoms with Crippen molar-refractivity contribution in [1.29, 1.82) is 0 Å². The van der Waals surface area contributed by atoms with Gasteiger partial charge in [0, 0.05) is 37.8 Å². The zero-order valence-electron chi connectivity index (χ0n) is 23.3. The lowest BCUT2D eigenvalue weighted by Gasteiger charge is -2.51. The standard InChI is InChI=1S/C27H29F7N8O/c1-12-3-4-36-5-6-37-23-17-22(39-25(40-23)41-8-14(9-41)42-10-26(30,31)11-42)20(29)21(38-24(17)43-12)15-7-16(35)19(28)13(2)18(15)27(32,33)34/h7,12,14,36H,3-6,8-11,35H2,1-2H3,(H,37,39,40)/t12-/m0/s1. The second kappa shape index (κ2) is 10.5. The normalized spacial score (nSPS) is 21.4. The van der Waals surface area contributed by atoms with E-state index in [4.69, 9.17) is 10.5 Å². The maximum absolute atomic E-state index is 16.5. The maximum Gasteiger partial charge on any atom is 0.417 e. The molecule has 4 N–H and O–H groups in total. The van der Waals surface area contributed by atoms with Crippen LogP contribution in [0.15, 0.2) is 6.07 Å². The number of likely N-dealkylation sites (tertiary alicyclic amines) is 1. The lowest BCUT2D eigenvalue weighted by Crippen LogP contribution is -2.69. The Morgan fingerprint density at radius 3 is 2.44 bits per heavy atom. The van der Waals surface area contributed by atoms with Gasteiger partial charge in [0.25, 0.3) is 5.92 Å². The van der Waals surface area contributed by atoms with Crippen molar-refractivity contribution in [3.05, 3.63) is 28.8 Å². The number of nitrogen functional groups attached to an aromatic ring is 1. The van der Waals surface area contributed by atoms with E-state index in [1.54, 1.807) is 16.7 Å². The van der Waals surface area contributed by atoms with E-state index in [0.29, 0.717) is 45.2 Å². The number of nitrogens with one attached hydrogen (secondary N) is 2. The molecule has 9 nitrogen and oxygen atoms in total. The molecule has 232 valence electrons. The van der Waals surface area contributed by atoms with Crippen molar-refractivity contribution in [3.63, 3.8) is 0 Å². The third kappa shape index (κ3) is 5.34. The van der Waals surface area contributed by atoms with E-state index in [1.807, 2.05) is 0 Å². The Morgan fingerprint density at radius 1 is 1.05 bits per heavy atom. The SMILES string of the molecule is Cc1c(F)c(N)cc(-c2nc3c4c(nc(N5CC(N6CC(F)(F)C6)C5)nc4c2F)NCCNCC[C@H](C)O3)c1C(F)(F)F. The van der Waals surface area contributed by atoms with Gasteiger partial charge in [-0.25, -0.2) is 27.5 Å². The van der Waals surface area contributed by atoms with Crippen molar-refractivity contribution in [2.24, 2.45) is 0 Å². The zero-order chi connectivity index (χ0) is 30.8. The Labute approximate surface area is 241 Å². The largest absolute Gasteiger partial charge is 0.474 e. The fourth-order valence-corrected chi connectivity index (χ4v) is 5.64. The van der Waals surface area contributed by atoms with Gasteiger partial charge in [-0.2, -0.15) is 18.2 Å². The number of nitrogens with two attached hydrogens (primary N) is 1. The molecule has 0 saturated carbocycles. The summed E-state index contributed by atoms with van der Waals surface area (Å²) in [5.41, 5.74) is 0.988. The number of ether oxygens (including phenoxy) is 1. The molecule has 1 atom stereocenters. The lowest BCUT2D eigenvalue weighted by molar-refractivity contribution is -0.148. The molecule has 2 fully saturated rings. The van der Waals surface area contributed by atoms with Crippen LogP contribution in [0.25, 0.3) is 22.2 Å². The van der Waals surface area contributed by atoms with Crippen LogP contribution in [-0.2, 0) is 6.18 Å². The zero-order valence-corrected chi connectivity index (χ0v) is 23.3. The number of halogens is 7. The molecule has 0 spiro atoms. The highest BCUT2D eigenvalue weighted by molar-refractivity contribution is 5.97. The molecule has 5 heterocycles. The Balaban J connectivity index is 1.52. The van der Waals surface area contributed by atoms with Crippen LogP contribution in [-0.4, -0.2) is 83.7 Å². The highest BCUT2D eigenvalue weighted by Gasteiger charge is 2.49. The average Bonchev–Trinajstić information content (AvgIpc) is 2.90. The van der Waals surface area contributed by atoms with E-state index in [-0.39, 0.29) is 47.7 Å². The second-order valence-corrected chi connectivity index (χ2v) is 11.2. The molecule has 3 aliphatic rings. The highest BCUT2D eigenvalue weighted by Crippen LogP contribution is 2.45. The van der Waals surface area contributed by atoms with Crippen molar-refractivity contribution in [2.75, 3.05) is 61.8 Å². The number of pyridine rings is 1. The minimum Gasteiger partial charge on any atom is -0.474 e. The van der Waals surface area contributed by atoms with Gasteiger partial charge in [-0.15, -0.1) is 0 Å². The van der Waals surface area contributed by atoms with Gasteiger partial charge in [0.1, 0.15) is 28.2 Å². The Kier molecular flexibility index (Phi) is 7.18. The summed E-state index contributed by atoms with van der Waals surface area (Å²) in [6.07, 6.45) is -5.05. The van der Waals surface area contributed by atoms with Crippen LogP contribution in [0, 0.1) is 18.6 Å². The number of anilines is 3. The molecular weight excluding hydrogens is 585 g/mol. The summed E-state index contributed by atoms with van der Waals surface area (Å²) in [4.78, 5) is 16.5. The average molecular weight is 615 g/mol.